The summed E-state index contributed by atoms with van der Waals surface area (Å²) in [6.07, 6.45) is -3.37. The van der Waals surface area contributed by atoms with E-state index in [1.807, 2.05) is 5.32 Å². The lowest BCUT2D eigenvalue weighted by Gasteiger charge is -2.08. The van der Waals surface area contributed by atoms with E-state index in [2.05, 4.69) is 5.32 Å². The third kappa shape index (κ3) is 11.2. The van der Waals surface area contributed by atoms with E-state index >= 15 is 0 Å². The molecule has 0 fully saturated rings. The van der Waals surface area contributed by atoms with Crippen molar-refractivity contribution in [1.82, 2.24) is 10.6 Å². The molecule has 2 N–H and O–H groups in total. The van der Waals surface area contributed by atoms with E-state index in [4.69, 9.17) is 0 Å². The van der Waals surface area contributed by atoms with E-state index in [0.29, 0.717) is 0 Å². The van der Waals surface area contributed by atoms with Crippen LogP contribution >= 0.6 is 0 Å². The molecule has 1 amide bonds. The van der Waals surface area contributed by atoms with Crippen molar-refractivity contribution >= 4 is 15.7 Å². The molecule has 0 aliphatic carbocycles. The summed E-state index contributed by atoms with van der Waals surface area (Å²) >= 11 is 0. The van der Waals surface area contributed by atoms with Crippen LogP contribution < -0.4 is 10.6 Å². The number of amides is 1. The average molecular weight is 262 g/mol. The number of carbonyl (C=O) groups excluding carboxylic acids is 1. The highest BCUT2D eigenvalue weighted by atomic mass is 32.2. The Balaban J connectivity index is 3.61. The summed E-state index contributed by atoms with van der Waals surface area (Å²) in [7, 11) is -3.18. The van der Waals surface area contributed by atoms with Crippen molar-refractivity contribution in [2.24, 2.45) is 0 Å². The van der Waals surface area contributed by atoms with Gasteiger partial charge in [0.1, 0.15) is 9.84 Å². The fraction of sp³-hybridized carbons (Fsp3) is 0.857. The first-order valence-corrected chi connectivity index (χ1v) is 6.38. The molecule has 0 spiro atoms. The van der Waals surface area contributed by atoms with Crippen molar-refractivity contribution in [3.63, 3.8) is 0 Å². The standard InChI is InChI=1S/C7H13F3N2O3S/c1-16(14,15)3-2-12-6(13)4-11-5-7(8,9)10/h11H,2-5H2,1H3,(H,12,13). The second-order valence-corrected chi connectivity index (χ2v) is 5.46. The first-order valence-electron chi connectivity index (χ1n) is 4.32. The Bertz CT molecular complexity index is 326. The minimum atomic E-state index is -4.37. The zero-order valence-corrected chi connectivity index (χ0v) is 9.41. The van der Waals surface area contributed by atoms with Gasteiger partial charge in [0.15, 0.2) is 0 Å². The van der Waals surface area contributed by atoms with Crippen molar-refractivity contribution in [3.05, 3.63) is 0 Å². The fourth-order valence-corrected chi connectivity index (χ4v) is 1.23. The van der Waals surface area contributed by atoms with Gasteiger partial charge in [-0.15, -0.1) is 0 Å². The molecule has 5 nitrogen and oxygen atoms in total. The van der Waals surface area contributed by atoms with Crippen LogP contribution in [0.15, 0.2) is 0 Å². The van der Waals surface area contributed by atoms with Gasteiger partial charge < -0.3 is 10.6 Å². The van der Waals surface area contributed by atoms with E-state index in [1.165, 1.54) is 0 Å². The van der Waals surface area contributed by atoms with Crippen molar-refractivity contribution in [2.75, 3.05) is 31.6 Å². The van der Waals surface area contributed by atoms with Gasteiger partial charge in [0.05, 0.1) is 18.8 Å². The van der Waals surface area contributed by atoms with Gasteiger partial charge >= 0.3 is 6.18 Å². The van der Waals surface area contributed by atoms with Gasteiger partial charge in [0.25, 0.3) is 0 Å². The molecule has 9 heteroatoms. The topological polar surface area (TPSA) is 75.3 Å². The van der Waals surface area contributed by atoms with Crippen LogP contribution in [0.2, 0.25) is 0 Å². The zero-order chi connectivity index (χ0) is 12.8. The Morgan fingerprint density at radius 2 is 1.88 bits per heavy atom. The Morgan fingerprint density at radius 1 is 1.31 bits per heavy atom. The van der Waals surface area contributed by atoms with Crippen molar-refractivity contribution in [3.8, 4) is 0 Å². The molecule has 0 aromatic rings. The number of rotatable bonds is 6. The molecular weight excluding hydrogens is 249 g/mol. The molecule has 0 saturated carbocycles. The quantitative estimate of drug-likeness (QED) is 0.663. The van der Waals surface area contributed by atoms with E-state index in [1.54, 1.807) is 0 Å². The molecule has 96 valence electrons. The molecule has 0 radical (unpaired) electrons. The SMILES string of the molecule is CS(=O)(=O)CCNC(=O)CNCC(F)(F)F. The van der Waals surface area contributed by atoms with Gasteiger partial charge in [-0.25, -0.2) is 8.42 Å². The molecule has 0 bridgehead atoms. The van der Waals surface area contributed by atoms with Gasteiger partial charge in [0.2, 0.25) is 5.91 Å². The maximum Gasteiger partial charge on any atom is 0.401 e. The maximum atomic E-state index is 11.6. The molecule has 0 aliphatic heterocycles. The second-order valence-electron chi connectivity index (χ2n) is 3.20. The summed E-state index contributed by atoms with van der Waals surface area (Å²) in [4.78, 5) is 10.9. The van der Waals surface area contributed by atoms with Gasteiger partial charge in [-0.1, -0.05) is 0 Å². The van der Waals surface area contributed by atoms with E-state index in [0.717, 1.165) is 6.26 Å². The monoisotopic (exact) mass is 262 g/mol. The Morgan fingerprint density at radius 3 is 2.31 bits per heavy atom. The second kappa shape index (κ2) is 6.04. The lowest BCUT2D eigenvalue weighted by atomic mass is 10.5. The van der Waals surface area contributed by atoms with Gasteiger partial charge in [-0.3, -0.25) is 4.79 Å². The van der Waals surface area contributed by atoms with Crippen LogP contribution in [0.4, 0.5) is 13.2 Å². The summed E-state index contributed by atoms with van der Waals surface area (Å²) in [6, 6.07) is 0. The smallest absolute Gasteiger partial charge is 0.354 e. The van der Waals surface area contributed by atoms with Crippen LogP contribution in [-0.2, 0) is 14.6 Å². The number of sulfone groups is 1. The molecule has 0 heterocycles. The number of nitrogens with one attached hydrogen (secondary N) is 2. The molecule has 0 aromatic heterocycles. The first kappa shape index (κ1) is 15.2. The zero-order valence-electron chi connectivity index (χ0n) is 8.60. The number of hydrogen-bond acceptors (Lipinski definition) is 4. The third-order valence-corrected chi connectivity index (χ3v) is 2.35. The minimum absolute atomic E-state index is 0.106. The average Bonchev–Trinajstić information content (AvgIpc) is 1.98. The molecule has 0 atom stereocenters. The molecule has 0 unspecified atom stereocenters. The summed E-state index contributed by atoms with van der Waals surface area (Å²) in [5.41, 5.74) is 0. The third-order valence-electron chi connectivity index (χ3n) is 1.41. The first-order chi connectivity index (χ1) is 7.10. The Kier molecular flexibility index (Phi) is 5.73. The van der Waals surface area contributed by atoms with Crippen molar-refractivity contribution in [1.29, 1.82) is 0 Å². The number of halogens is 3. The van der Waals surface area contributed by atoms with Gasteiger partial charge in [-0.05, 0) is 0 Å². The number of hydrogen-bond donors (Lipinski definition) is 2. The molecular formula is C7H13F3N2O3S. The van der Waals surface area contributed by atoms with E-state index in [9.17, 15) is 26.4 Å². The summed E-state index contributed by atoms with van der Waals surface area (Å²) < 4.78 is 56.2. The van der Waals surface area contributed by atoms with Crippen LogP contribution in [0.3, 0.4) is 0 Å². The molecule has 16 heavy (non-hydrogen) atoms. The van der Waals surface area contributed by atoms with Gasteiger partial charge in [-0.2, -0.15) is 13.2 Å². The highest BCUT2D eigenvalue weighted by Gasteiger charge is 2.26. The van der Waals surface area contributed by atoms with Crippen LogP contribution in [0.1, 0.15) is 0 Å². The molecule has 0 aromatic carbocycles. The van der Waals surface area contributed by atoms with Crippen LogP contribution in [0.25, 0.3) is 0 Å². The fourth-order valence-electron chi connectivity index (χ4n) is 0.756. The summed E-state index contributed by atoms with van der Waals surface area (Å²) in [6.45, 7) is -1.86. The predicted molar refractivity (Wildman–Crippen MR) is 51.6 cm³/mol. The van der Waals surface area contributed by atoms with Crippen molar-refractivity contribution in [2.45, 2.75) is 6.18 Å². The molecule has 0 rings (SSSR count). The lowest BCUT2D eigenvalue weighted by molar-refractivity contribution is -0.128. The normalized spacial score (nSPS) is 12.5. The van der Waals surface area contributed by atoms with Crippen LogP contribution in [-0.4, -0.2) is 52.1 Å². The summed E-state index contributed by atoms with van der Waals surface area (Å²) in [5.74, 6) is -0.911. The number of carbonyl (C=O) groups is 1. The highest BCUT2D eigenvalue weighted by molar-refractivity contribution is 7.90. The van der Waals surface area contributed by atoms with E-state index < -0.39 is 35.0 Å². The largest absolute Gasteiger partial charge is 0.401 e. The molecule has 0 saturated heterocycles. The lowest BCUT2D eigenvalue weighted by Crippen LogP contribution is -2.39. The van der Waals surface area contributed by atoms with Crippen molar-refractivity contribution < 1.29 is 26.4 Å². The Hall–Kier alpha value is -0.830. The molecule has 0 aliphatic rings. The van der Waals surface area contributed by atoms with E-state index in [-0.39, 0.29) is 12.3 Å². The van der Waals surface area contributed by atoms with Gasteiger partial charge in [0, 0.05) is 12.8 Å². The predicted octanol–water partition coefficient (Wildman–Crippen LogP) is -0.701. The minimum Gasteiger partial charge on any atom is -0.354 e. The highest BCUT2D eigenvalue weighted by Crippen LogP contribution is 2.11. The maximum absolute atomic E-state index is 11.6. The number of alkyl halides is 3. The van der Waals surface area contributed by atoms with Crippen LogP contribution in [0, 0.1) is 0 Å². The Labute approximate surface area is 91.3 Å². The van der Waals surface area contributed by atoms with Crippen LogP contribution in [0.5, 0.6) is 0 Å². The summed E-state index contributed by atoms with van der Waals surface area (Å²) in [5, 5.41) is 4.06.